The molecule has 0 amide bonds. The lowest BCUT2D eigenvalue weighted by Crippen LogP contribution is -2.15. The van der Waals surface area contributed by atoms with E-state index in [1.165, 1.54) is 6.42 Å². The second-order valence-corrected chi connectivity index (χ2v) is 4.37. The van der Waals surface area contributed by atoms with Gasteiger partial charge in [0.25, 0.3) is 0 Å². The number of hydrogen-bond acceptors (Lipinski definition) is 4. The van der Waals surface area contributed by atoms with Gasteiger partial charge in [-0.25, -0.2) is 0 Å². The number of ether oxygens (including phenoxy) is 1. The van der Waals surface area contributed by atoms with Gasteiger partial charge < -0.3 is 14.6 Å². The van der Waals surface area contributed by atoms with E-state index in [0.717, 1.165) is 44.3 Å². The van der Waals surface area contributed by atoms with Crippen LogP contribution < -0.4 is 5.32 Å². The SMILES string of the molecule is COCCn1c(C)nnc1CC1CCNC1. The van der Waals surface area contributed by atoms with Crippen LogP contribution in [0.25, 0.3) is 0 Å². The zero-order chi connectivity index (χ0) is 11.4. The van der Waals surface area contributed by atoms with Crippen LogP contribution in [0.3, 0.4) is 0 Å². The summed E-state index contributed by atoms with van der Waals surface area (Å²) in [4.78, 5) is 0. The third-order valence-electron chi connectivity index (χ3n) is 3.16. The van der Waals surface area contributed by atoms with E-state index in [1.807, 2.05) is 6.92 Å². The minimum absolute atomic E-state index is 0.713. The minimum Gasteiger partial charge on any atom is -0.383 e. The number of aryl methyl sites for hydroxylation is 1. The summed E-state index contributed by atoms with van der Waals surface area (Å²) in [6.07, 6.45) is 2.27. The van der Waals surface area contributed by atoms with Gasteiger partial charge in [0.1, 0.15) is 11.6 Å². The largest absolute Gasteiger partial charge is 0.383 e. The van der Waals surface area contributed by atoms with Crippen molar-refractivity contribution in [2.75, 3.05) is 26.8 Å². The zero-order valence-corrected chi connectivity index (χ0v) is 10.1. The summed E-state index contributed by atoms with van der Waals surface area (Å²) < 4.78 is 7.27. The Morgan fingerprint density at radius 1 is 1.50 bits per heavy atom. The minimum atomic E-state index is 0.713. The first-order valence-corrected chi connectivity index (χ1v) is 5.89. The normalized spacial score (nSPS) is 20.5. The molecule has 2 heterocycles. The Morgan fingerprint density at radius 3 is 3.06 bits per heavy atom. The van der Waals surface area contributed by atoms with Crippen LogP contribution in [0.4, 0.5) is 0 Å². The molecule has 5 nitrogen and oxygen atoms in total. The maximum Gasteiger partial charge on any atom is 0.133 e. The highest BCUT2D eigenvalue weighted by Crippen LogP contribution is 2.14. The van der Waals surface area contributed by atoms with E-state index in [2.05, 4.69) is 20.1 Å². The average molecular weight is 224 g/mol. The second-order valence-electron chi connectivity index (χ2n) is 4.37. The highest BCUT2D eigenvalue weighted by Gasteiger charge is 2.18. The van der Waals surface area contributed by atoms with Crippen molar-refractivity contribution in [1.29, 1.82) is 0 Å². The number of aromatic nitrogens is 3. The number of nitrogens with zero attached hydrogens (tertiary/aromatic N) is 3. The Labute approximate surface area is 96.2 Å². The lowest BCUT2D eigenvalue weighted by Gasteiger charge is -2.10. The fourth-order valence-corrected chi connectivity index (χ4v) is 2.20. The van der Waals surface area contributed by atoms with Crippen LogP contribution >= 0.6 is 0 Å². The molecular formula is C11H20N4O. The van der Waals surface area contributed by atoms with Crippen LogP contribution in [-0.4, -0.2) is 41.6 Å². The molecule has 2 rings (SSSR count). The lowest BCUT2D eigenvalue weighted by molar-refractivity contribution is 0.185. The van der Waals surface area contributed by atoms with Crippen LogP contribution in [0.1, 0.15) is 18.1 Å². The first kappa shape index (κ1) is 11.5. The van der Waals surface area contributed by atoms with E-state index in [0.29, 0.717) is 5.92 Å². The van der Waals surface area contributed by atoms with Crippen LogP contribution in [-0.2, 0) is 17.7 Å². The maximum atomic E-state index is 5.11. The van der Waals surface area contributed by atoms with E-state index in [9.17, 15) is 0 Å². The summed E-state index contributed by atoms with van der Waals surface area (Å²) in [5.74, 6) is 2.80. The topological polar surface area (TPSA) is 52.0 Å². The van der Waals surface area contributed by atoms with E-state index in [-0.39, 0.29) is 0 Å². The second kappa shape index (κ2) is 5.41. The summed E-state index contributed by atoms with van der Waals surface area (Å²) in [6, 6.07) is 0. The molecule has 1 fully saturated rings. The summed E-state index contributed by atoms with van der Waals surface area (Å²) in [5, 5.41) is 11.8. The van der Waals surface area contributed by atoms with Crippen molar-refractivity contribution < 1.29 is 4.74 Å². The Morgan fingerprint density at radius 2 is 2.38 bits per heavy atom. The molecule has 1 unspecified atom stereocenters. The molecule has 1 aromatic rings. The molecule has 90 valence electrons. The van der Waals surface area contributed by atoms with Gasteiger partial charge in [-0.3, -0.25) is 0 Å². The molecule has 1 N–H and O–H groups in total. The van der Waals surface area contributed by atoms with Gasteiger partial charge in [-0.2, -0.15) is 0 Å². The summed E-state index contributed by atoms with van der Waals surface area (Å²) in [7, 11) is 1.72. The van der Waals surface area contributed by atoms with Crippen LogP contribution in [0, 0.1) is 12.8 Å². The first-order valence-electron chi connectivity index (χ1n) is 5.89. The van der Waals surface area contributed by atoms with Crippen LogP contribution in [0.15, 0.2) is 0 Å². The van der Waals surface area contributed by atoms with Gasteiger partial charge in [0.05, 0.1) is 6.61 Å². The third-order valence-corrected chi connectivity index (χ3v) is 3.16. The third kappa shape index (κ3) is 2.59. The predicted molar refractivity (Wildman–Crippen MR) is 61.3 cm³/mol. The van der Waals surface area contributed by atoms with Crippen molar-refractivity contribution in [2.45, 2.75) is 26.3 Å². The average Bonchev–Trinajstić information content (AvgIpc) is 2.88. The molecule has 0 bridgehead atoms. The van der Waals surface area contributed by atoms with Gasteiger partial charge in [-0.1, -0.05) is 0 Å². The number of rotatable bonds is 5. The van der Waals surface area contributed by atoms with Crippen molar-refractivity contribution in [2.24, 2.45) is 5.92 Å². The predicted octanol–water partition coefficient (Wildman–Crippen LogP) is 0.385. The van der Waals surface area contributed by atoms with Crippen molar-refractivity contribution in [3.63, 3.8) is 0 Å². The fraction of sp³-hybridized carbons (Fsp3) is 0.818. The summed E-state index contributed by atoms with van der Waals surface area (Å²) in [6.45, 7) is 5.81. The van der Waals surface area contributed by atoms with Gasteiger partial charge in [-0.15, -0.1) is 10.2 Å². The highest BCUT2D eigenvalue weighted by molar-refractivity contribution is 4.96. The van der Waals surface area contributed by atoms with Crippen molar-refractivity contribution >= 4 is 0 Å². The highest BCUT2D eigenvalue weighted by atomic mass is 16.5. The Bertz CT molecular complexity index is 331. The fourth-order valence-electron chi connectivity index (χ4n) is 2.20. The molecular weight excluding hydrogens is 204 g/mol. The lowest BCUT2D eigenvalue weighted by atomic mass is 10.0. The van der Waals surface area contributed by atoms with E-state index >= 15 is 0 Å². The molecule has 0 spiro atoms. The van der Waals surface area contributed by atoms with Gasteiger partial charge >= 0.3 is 0 Å². The van der Waals surface area contributed by atoms with Gasteiger partial charge in [-0.05, 0) is 32.4 Å². The van der Waals surface area contributed by atoms with Crippen molar-refractivity contribution in [3.05, 3.63) is 11.6 Å². The van der Waals surface area contributed by atoms with Crippen LogP contribution in [0.5, 0.6) is 0 Å². The molecule has 0 aromatic carbocycles. The van der Waals surface area contributed by atoms with Gasteiger partial charge in [0, 0.05) is 20.1 Å². The smallest absolute Gasteiger partial charge is 0.133 e. The summed E-state index contributed by atoms with van der Waals surface area (Å²) in [5.41, 5.74) is 0. The molecule has 1 aliphatic heterocycles. The molecule has 0 radical (unpaired) electrons. The number of nitrogens with one attached hydrogen (secondary N) is 1. The van der Waals surface area contributed by atoms with Crippen molar-refractivity contribution in [1.82, 2.24) is 20.1 Å². The maximum absolute atomic E-state index is 5.11. The standard InChI is InChI=1S/C11H20N4O/c1-9-13-14-11(15(9)5-6-16-2)7-10-3-4-12-8-10/h10,12H,3-8H2,1-2H3. The molecule has 1 aromatic heterocycles. The Hall–Kier alpha value is -0.940. The van der Waals surface area contributed by atoms with Crippen molar-refractivity contribution in [3.8, 4) is 0 Å². The molecule has 16 heavy (non-hydrogen) atoms. The zero-order valence-electron chi connectivity index (χ0n) is 10.1. The first-order chi connectivity index (χ1) is 7.81. The number of hydrogen-bond donors (Lipinski definition) is 1. The molecule has 5 heteroatoms. The summed E-state index contributed by atoms with van der Waals surface area (Å²) >= 11 is 0. The molecule has 0 saturated carbocycles. The molecule has 1 atom stereocenters. The van der Waals surface area contributed by atoms with E-state index < -0.39 is 0 Å². The molecule has 1 aliphatic rings. The molecule has 0 aliphatic carbocycles. The van der Waals surface area contributed by atoms with E-state index in [4.69, 9.17) is 4.74 Å². The Balaban J connectivity index is 2.01. The Kier molecular flexibility index (Phi) is 3.90. The monoisotopic (exact) mass is 224 g/mol. The molecule has 1 saturated heterocycles. The van der Waals surface area contributed by atoms with E-state index in [1.54, 1.807) is 7.11 Å². The van der Waals surface area contributed by atoms with Gasteiger partial charge in [0.15, 0.2) is 0 Å². The quantitative estimate of drug-likeness (QED) is 0.786. The van der Waals surface area contributed by atoms with Crippen LogP contribution in [0.2, 0.25) is 0 Å². The van der Waals surface area contributed by atoms with Gasteiger partial charge in [0.2, 0.25) is 0 Å². The number of methoxy groups -OCH3 is 1.